The van der Waals surface area contributed by atoms with Crippen LogP contribution in [0.5, 0.6) is 0 Å². The van der Waals surface area contributed by atoms with E-state index < -0.39 is 0 Å². The fourth-order valence-electron chi connectivity index (χ4n) is 2.19. The summed E-state index contributed by atoms with van der Waals surface area (Å²) in [7, 11) is 0. The van der Waals surface area contributed by atoms with Gasteiger partial charge in [-0.1, -0.05) is 24.3 Å². The summed E-state index contributed by atoms with van der Waals surface area (Å²) in [5, 5.41) is 8.26. The maximum atomic E-state index is 4.67. The van der Waals surface area contributed by atoms with E-state index in [2.05, 4.69) is 46.8 Å². The van der Waals surface area contributed by atoms with Crippen molar-refractivity contribution >= 4 is 10.9 Å². The van der Waals surface area contributed by atoms with Gasteiger partial charge in [-0.3, -0.25) is 4.98 Å². The molecular weight excluding hydrogens is 234 g/mol. The Morgan fingerprint density at radius 3 is 2.89 bits per heavy atom. The van der Waals surface area contributed by atoms with Crippen LogP contribution in [0.4, 0.5) is 0 Å². The molecule has 1 unspecified atom stereocenters. The molecule has 2 N–H and O–H groups in total. The van der Waals surface area contributed by atoms with Crippen LogP contribution in [0.3, 0.4) is 0 Å². The third-order valence-corrected chi connectivity index (χ3v) is 3.58. The lowest BCUT2D eigenvalue weighted by Gasteiger charge is -2.14. The highest BCUT2D eigenvalue weighted by Crippen LogP contribution is 2.18. The number of nitrogens with zero attached hydrogens (tertiary/aromatic N) is 1. The quantitative estimate of drug-likeness (QED) is 0.832. The van der Waals surface area contributed by atoms with Gasteiger partial charge in [0.2, 0.25) is 0 Å². The highest BCUT2D eigenvalue weighted by atomic mass is 15.0. The van der Waals surface area contributed by atoms with Crippen LogP contribution in [0.15, 0.2) is 36.4 Å². The minimum Gasteiger partial charge on any atom is -0.312 e. The van der Waals surface area contributed by atoms with Gasteiger partial charge in [-0.05, 0) is 31.9 Å². The molecule has 3 nitrogen and oxygen atoms in total. The first-order chi connectivity index (χ1) is 9.31. The van der Waals surface area contributed by atoms with Crippen molar-refractivity contribution < 1.29 is 0 Å². The summed E-state index contributed by atoms with van der Waals surface area (Å²) in [6.07, 6.45) is 2.69. The molecule has 1 fully saturated rings. The van der Waals surface area contributed by atoms with Gasteiger partial charge in [-0.25, -0.2) is 0 Å². The first kappa shape index (κ1) is 12.6. The van der Waals surface area contributed by atoms with E-state index in [0.29, 0.717) is 6.04 Å². The molecule has 1 aliphatic rings. The highest BCUT2D eigenvalue weighted by Gasteiger charge is 2.20. The predicted molar refractivity (Wildman–Crippen MR) is 79.1 cm³/mol. The number of pyridine rings is 1. The minimum absolute atomic E-state index is 0.480. The summed E-state index contributed by atoms with van der Waals surface area (Å²) >= 11 is 0. The van der Waals surface area contributed by atoms with Gasteiger partial charge in [-0.15, -0.1) is 0 Å². The molecule has 1 aromatic carbocycles. The first-order valence-corrected chi connectivity index (χ1v) is 7.13. The van der Waals surface area contributed by atoms with E-state index in [0.717, 1.165) is 30.3 Å². The number of rotatable bonds is 6. The number of hydrogen-bond acceptors (Lipinski definition) is 3. The van der Waals surface area contributed by atoms with Crippen molar-refractivity contribution in [2.24, 2.45) is 0 Å². The molecular formula is C16H21N3. The van der Waals surface area contributed by atoms with Crippen LogP contribution in [0, 0.1) is 0 Å². The van der Waals surface area contributed by atoms with E-state index in [1.807, 2.05) is 12.1 Å². The van der Waals surface area contributed by atoms with Crippen molar-refractivity contribution in [3.63, 3.8) is 0 Å². The second-order valence-electron chi connectivity index (χ2n) is 5.46. The van der Waals surface area contributed by atoms with Crippen molar-refractivity contribution in [1.29, 1.82) is 0 Å². The molecule has 0 bridgehead atoms. The second-order valence-corrected chi connectivity index (χ2v) is 5.46. The number of hydrogen-bond donors (Lipinski definition) is 2. The van der Waals surface area contributed by atoms with Crippen molar-refractivity contribution in [1.82, 2.24) is 15.6 Å². The Labute approximate surface area is 114 Å². The van der Waals surface area contributed by atoms with Gasteiger partial charge in [0.1, 0.15) is 0 Å². The van der Waals surface area contributed by atoms with E-state index in [4.69, 9.17) is 0 Å². The molecule has 1 atom stereocenters. The number of nitrogens with one attached hydrogen (secondary N) is 2. The molecule has 0 saturated heterocycles. The fraction of sp³-hybridized carbons (Fsp3) is 0.438. The zero-order chi connectivity index (χ0) is 13.1. The molecule has 1 heterocycles. The monoisotopic (exact) mass is 255 g/mol. The van der Waals surface area contributed by atoms with Crippen LogP contribution >= 0.6 is 0 Å². The Morgan fingerprint density at radius 1 is 1.21 bits per heavy atom. The van der Waals surface area contributed by atoms with Crippen molar-refractivity contribution in [3.8, 4) is 0 Å². The maximum absolute atomic E-state index is 4.67. The van der Waals surface area contributed by atoms with Crippen LogP contribution in [-0.2, 0) is 6.54 Å². The van der Waals surface area contributed by atoms with Crippen LogP contribution in [0.2, 0.25) is 0 Å². The second kappa shape index (κ2) is 5.68. The van der Waals surface area contributed by atoms with E-state index in [-0.39, 0.29) is 0 Å². The van der Waals surface area contributed by atoms with E-state index in [1.54, 1.807) is 0 Å². The van der Waals surface area contributed by atoms with Crippen LogP contribution in [0.1, 0.15) is 25.5 Å². The molecule has 0 amide bonds. The van der Waals surface area contributed by atoms with Gasteiger partial charge >= 0.3 is 0 Å². The minimum atomic E-state index is 0.480. The average Bonchev–Trinajstić information content (AvgIpc) is 3.27. The summed E-state index contributed by atoms with van der Waals surface area (Å²) < 4.78 is 0. The number of aromatic nitrogens is 1. The van der Waals surface area contributed by atoms with Crippen molar-refractivity contribution in [2.75, 3.05) is 6.54 Å². The van der Waals surface area contributed by atoms with Gasteiger partial charge in [0, 0.05) is 30.6 Å². The molecule has 3 rings (SSSR count). The van der Waals surface area contributed by atoms with E-state index in [9.17, 15) is 0 Å². The van der Waals surface area contributed by atoms with Crippen molar-refractivity contribution in [2.45, 2.75) is 38.4 Å². The normalized spacial score (nSPS) is 16.7. The average molecular weight is 255 g/mol. The molecule has 1 saturated carbocycles. The maximum Gasteiger partial charge on any atom is 0.0705 e. The summed E-state index contributed by atoms with van der Waals surface area (Å²) in [5.74, 6) is 0. The first-order valence-electron chi connectivity index (χ1n) is 7.13. The zero-order valence-electron chi connectivity index (χ0n) is 11.4. The SMILES string of the molecule is CC(CNC1CC1)NCc1ccc2ccccc2n1. The lowest BCUT2D eigenvalue weighted by Crippen LogP contribution is -2.36. The van der Waals surface area contributed by atoms with Gasteiger partial charge in [-0.2, -0.15) is 0 Å². The third kappa shape index (κ3) is 3.52. The Bertz CT molecular complexity index is 548. The van der Waals surface area contributed by atoms with Gasteiger partial charge in [0.25, 0.3) is 0 Å². The van der Waals surface area contributed by atoms with Crippen LogP contribution in [0.25, 0.3) is 10.9 Å². The lowest BCUT2D eigenvalue weighted by molar-refractivity contribution is 0.497. The molecule has 19 heavy (non-hydrogen) atoms. The molecule has 2 aromatic rings. The summed E-state index contributed by atoms with van der Waals surface area (Å²) in [6.45, 7) is 4.09. The molecule has 1 aliphatic carbocycles. The topological polar surface area (TPSA) is 37.0 Å². The van der Waals surface area contributed by atoms with Crippen LogP contribution in [-0.4, -0.2) is 23.6 Å². The van der Waals surface area contributed by atoms with Crippen LogP contribution < -0.4 is 10.6 Å². The Kier molecular flexibility index (Phi) is 3.76. The smallest absolute Gasteiger partial charge is 0.0705 e. The molecule has 1 aromatic heterocycles. The van der Waals surface area contributed by atoms with Gasteiger partial charge in [0.15, 0.2) is 0 Å². The van der Waals surface area contributed by atoms with E-state index in [1.165, 1.54) is 18.2 Å². The van der Waals surface area contributed by atoms with E-state index >= 15 is 0 Å². The fourth-order valence-corrected chi connectivity index (χ4v) is 2.19. The summed E-state index contributed by atoms with van der Waals surface area (Å²) in [4.78, 5) is 4.67. The zero-order valence-corrected chi connectivity index (χ0v) is 11.4. The molecule has 100 valence electrons. The molecule has 0 radical (unpaired) electrons. The number of benzene rings is 1. The number of para-hydroxylation sites is 1. The van der Waals surface area contributed by atoms with Gasteiger partial charge in [0.05, 0.1) is 11.2 Å². The predicted octanol–water partition coefficient (Wildman–Crippen LogP) is 2.46. The Balaban J connectivity index is 1.55. The largest absolute Gasteiger partial charge is 0.312 e. The standard InChI is InChI=1S/C16H21N3/c1-12(10-18-14-8-9-14)17-11-15-7-6-13-4-2-3-5-16(13)19-15/h2-7,12,14,17-18H,8-11H2,1H3. The highest BCUT2D eigenvalue weighted by molar-refractivity contribution is 5.78. The third-order valence-electron chi connectivity index (χ3n) is 3.58. The number of fused-ring (bicyclic) bond motifs is 1. The molecule has 0 spiro atoms. The Hall–Kier alpha value is -1.45. The van der Waals surface area contributed by atoms with Gasteiger partial charge < -0.3 is 10.6 Å². The Morgan fingerprint density at radius 2 is 2.05 bits per heavy atom. The summed E-state index contributed by atoms with van der Waals surface area (Å²) in [6, 6.07) is 13.8. The summed E-state index contributed by atoms with van der Waals surface area (Å²) in [5.41, 5.74) is 2.18. The molecule has 3 heteroatoms. The van der Waals surface area contributed by atoms with Crippen molar-refractivity contribution in [3.05, 3.63) is 42.1 Å². The molecule has 0 aliphatic heterocycles. The lowest BCUT2D eigenvalue weighted by atomic mass is 10.2.